The van der Waals surface area contributed by atoms with Gasteiger partial charge in [-0.3, -0.25) is 4.79 Å². The highest BCUT2D eigenvalue weighted by Crippen LogP contribution is 2.16. The molecular weight excluding hydrogens is 254 g/mol. The molecule has 1 saturated heterocycles. The van der Waals surface area contributed by atoms with Crippen molar-refractivity contribution in [1.29, 1.82) is 0 Å². The molecule has 1 rings (SSSR count). The van der Waals surface area contributed by atoms with Crippen LogP contribution in [-0.4, -0.2) is 56.2 Å². The van der Waals surface area contributed by atoms with Crippen LogP contribution in [-0.2, 0) is 9.53 Å². The Bertz CT molecular complexity index is 293. The van der Waals surface area contributed by atoms with E-state index in [1.54, 1.807) is 0 Å². The monoisotopic (exact) mass is 285 g/mol. The Labute approximate surface area is 123 Å². The van der Waals surface area contributed by atoms with Crippen molar-refractivity contribution >= 4 is 5.91 Å². The molecule has 0 aromatic rings. The standard InChI is InChI=1S/C15H31N3O2/c1-4-8-17-15(2,14(16)19)7-9-18(3)11-13-6-5-10-20-12-13/h13,17H,4-12H2,1-3H3,(H2,16,19). The van der Waals surface area contributed by atoms with Gasteiger partial charge in [0.2, 0.25) is 5.91 Å². The molecule has 1 heterocycles. The van der Waals surface area contributed by atoms with Gasteiger partial charge in [0.05, 0.1) is 12.1 Å². The van der Waals surface area contributed by atoms with Gasteiger partial charge in [-0.05, 0) is 52.1 Å². The van der Waals surface area contributed by atoms with Crippen molar-refractivity contribution in [2.75, 3.05) is 39.9 Å². The number of carbonyl (C=O) groups excluding carboxylic acids is 1. The van der Waals surface area contributed by atoms with Gasteiger partial charge < -0.3 is 20.7 Å². The number of rotatable bonds is 9. The van der Waals surface area contributed by atoms with Crippen LogP contribution in [0, 0.1) is 5.92 Å². The fourth-order valence-electron chi connectivity index (χ4n) is 2.60. The van der Waals surface area contributed by atoms with Crippen LogP contribution >= 0.6 is 0 Å². The quantitative estimate of drug-likeness (QED) is 0.662. The molecule has 5 nitrogen and oxygen atoms in total. The molecule has 0 aromatic heterocycles. The summed E-state index contributed by atoms with van der Waals surface area (Å²) in [6, 6.07) is 0. The van der Waals surface area contributed by atoms with E-state index in [1.165, 1.54) is 6.42 Å². The molecule has 2 atom stereocenters. The van der Waals surface area contributed by atoms with Gasteiger partial charge in [-0.25, -0.2) is 0 Å². The van der Waals surface area contributed by atoms with E-state index in [9.17, 15) is 4.79 Å². The Hall–Kier alpha value is -0.650. The molecular formula is C15H31N3O2. The SMILES string of the molecule is CCCNC(C)(CCN(C)CC1CCCOC1)C(N)=O. The molecule has 0 aliphatic carbocycles. The first-order valence-corrected chi connectivity index (χ1v) is 7.79. The highest BCUT2D eigenvalue weighted by molar-refractivity contribution is 5.84. The lowest BCUT2D eigenvalue weighted by Gasteiger charge is -2.31. The van der Waals surface area contributed by atoms with Crippen molar-refractivity contribution in [3.05, 3.63) is 0 Å². The van der Waals surface area contributed by atoms with Crippen LogP contribution in [0.5, 0.6) is 0 Å². The van der Waals surface area contributed by atoms with Crippen LogP contribution in [0.4, 0.5) is 0 Å². The summed E-state index contributed by atoms with van der Waals surface area (Å²) in [5.74, 6) is 0.359. The molecule has 0 spiro atoms. The molecule has 3 N–H and O–H groups in total. The van der Waals surface area contributed by atoms with E-state index in [0.717, 1.165) is 52.1 Å². The van der Waals surface area contributed by atoms with Crippen molar-refractivity contribution in [2.45, 2.75) is 45.1 Å². The van der Waals surface area contributed by atoms with Crippen molar-refractivity contribution in [3.63, 3.8) is 0 Å². The third-order valence-electron chi connectivity index (χ3n) is 4.13. The summed E-state index contributed by atoms with van der Waals surface area (Å²) in [4.78, 5) is 13.9. The zero-order valence-electron chi connectivity index (χ0n) is 13.3. The summed E-state index contributed by atoms with van der Waals surface area (Å²) >= 11 is 0. The lowest BCUT2D eigenvalue weighted by Crippen LogP contribution is -2.54. The molecule has 0 saturated carbocycles. The average molecular weight is 285 g/mol. The number of hydrogen-bond donors (Lipinski definition) is 2. The Kier molecular flexibility index (Phi) is 7.48. The van der Waals surface area contributed by atoms with Crippen molar-refractivity contribution < 1.29 is 9.53 Å². The maximum Gasteiger partial charge on any atom is 0.237 e. The normalized spacial score (nSPS) is 22.7. The van der Waals surface area contributed by atoms with Crippen molar-refractivity contribution in [2.24, 2.45) is 11.7 Å². The molecule has 0 aromatic carbocycles. The Morgan fingerprint density at radius 1 is 1.55 bits per heavy atom. The number of amides is 1. The Morgan fingerprint density at radius 2 is 2.30 bits per heavy atom. The van der Waals surface area contributed by atoms with Crippen LogP contribution in [0.1, 0.15) is 39.5 Å². The van der Waals surface area contributed by atoms with E-state index in [4.69, 9.17) is 10.5 Å². The molecule has 0 bridgehead atoms. The fourth-order valence-corrected chi connectivity index (χ4v) is 2.60. The van der Waals surface area contributed by atoms with Gasteiger partial charge in [0.1, 0.15) is 0 Å². The van der Waals surface area contributed by atoms with Crippen LogP contribution in [0.15, 0.2) is 0 Å². The zero-order chi connectivity index (χ0) is 15.0. The highest BCUT2D eigenvalue weighted by Gasteiger charge is 2.30. The lowest BCUT2D eigenvalue weighted by atomic mass is 9.95. The van der Waals surface area contributed by atoms with E-state index >= 15 is 0 Å². The molecule has 0 radical (unpaired) electrons. The smallest absolute Gasteiger partial charge is 0.237 e. The van der Waals surface area contributed by atoms with Crippen molar-refractivity contribution in [1.82, 2.24) is 10.2 Å². The minimum Gasteiger partial charge on any atom is -0.381 e. The van der Waals surface area contributed by atoms with Gasteiger partial charge >= 0.3 is 0 Å². The van der Waals surface area contributed by atoms with Gasteiger partial charge in [0.15, 0.2) is 0 Å². The average Bonchev–Trinajstić information content (AvgIpc) is 2.44. The number of nitrogens with zero attached hydrogens (tertiary/aromatic N) is 1. The van der Waals surface area contributed by atoms with E-state index in [-0.39, 0.29) is 5.91 Å². The first-order chi connectivity index (χ1) is 9.48. The molecule has 1 aliphatic rings. The van der Waals surface area contributed by atoms with E-state index in [1.807, 2.05) is 6.92 Å². The first kappa shape index (κ1) is 17.4. The minimum atomic E-state index is -0.604. The molecule has 1 amide bonds. The third-order valence-corrected chi connectivity index (χ3v) is 4.13. The second kappa shape index (κ2) is 8.60. The molecule has 1 aliphatic heterocycles. The maximum atomic E-state index is 11.7. The third kappa shape index (κ3) is 5.77. The summed E-state index contributed by atoms with van der Waals surface area (Å²) in [7, 11) is 2.11. The molecule has 118 valence electrons. The number of nitrogens with one attached hydrogen (secondary N) is 1. The molecule has 20 heavy (non-hydrogen) atoms. The minimum absolute atomic E-state index is 0.264. The van der Waals surface area contributed by atoms with Crippen LogP contribution in [0.3, 0.4) is 0 Å². The van der Waals surface area contributed by atoms with Crippen LogP contribution in [0.25, 0.3) is 0 Å². The summed E-state index contributed by atoms with van der Waals surface area (Å²) in [5.41, 5.74) is 4.94. The summed E-state index contributed by atoms with van der Waals surface area (Å²) in [5, 5.41) is 3.28. The first-order valence-electron chi connectivity index (χ1n) is 7.79. The van der Waals surface area contributed by atoms with Gasteiger partial charge in [-0.1, -0.05) is 6.92 Å². The van der Waals surface area contributed by atoms with E-state index < -0.39 is 5.54 Å². The van der Waals surface area contributed by atoms with Gasteiger partial charge in [0, 0.05) is 19.7 Å². The van der Waals surface area contributed by atoms with E-state index in [0.29, 0.717) is 5.92 Å². The summed E-state index contributed by atoms with van der Waals surface area (Å²) < 4.78 is 5.51. The number of primary amides is 1. The summed E-state index contributed by atoms with van der Waals surface area (Å²) in [6.45, 7) is 8.48. The Balaban J connectivity index is 2.35. The number of carbonyl (C=O) groups is 1. The number of ether oxygens (including phenoxy) is 1. The topological polar surface area (TPSA) is 67.6 Å². The van der Waals surface area contributed by atoms with Gasteiger partial charge in [0.25, 0.3) is 0 Å². The molecule has 5 heteroatoms. The zero-order valence-corrected chi connectivity index (χ0v) is 13.3. The Morgan fingerprint density at radius 3 is 2.85 bits per heavy atom. The van der Waals surface area contributed by atoms with Crippen LogP contribution in [0.2, 0.25) is 0 Å². The van der Waals surface area contributed by atoms with E-state index in [2.05, 4.69) is 24.2 Å². The second-order valence-corrected chi connectivity index (χ2v) is 6.22. The predicted octanol–water partition coefficient (Wildman–Crippen LogP) is 0.979. The molecule has 2 unspecified atom stereocenters. The fraction of sp³-hybridized carbons (Fsp3) is 0.933. The number of hydrogen-bond acceptors (Lipinski definition) is 4. The maximum absolute atomic E-state index is 11.7. The predicted molar refractivity (Wildman–Crippen MR) is 81.6 cm³/mol. The largest absolute Gasteiger partial charge is 0.381 e. The second-order valence-electron chi connectivity index (χ2n) is 6.22. The van der Waals surface area contributed by atoms with Gasteiger partial charge in [-0.15, -0.1) is 0 Å². The summed E-state index contributed by atoms with van der Waals surface area (Å²) in [6.07, 6.45) is 4.14. The lowest BCUT2D eigenvalue weighted by molar-refractivity contribution is -0.124. The molecule has 1 fully saturated rings. The van der Waals surface area contributed by atoms with Crippen LogP contribution < -0.4 is 11.1 Å². The number of nitrogens with two attached hydrogens (primary N) is 1. The van der Waals surface area contributed by atoms with Gasteiger partial charge in [-0.2, -0.15) is 0 Å². The highest BCUT2D eigenvalue weighted by atomic mass is 16.5. The van der Waals surface area contributed by atoms with Crippen molar-refractivity contribution in [3.8, 4) is 0 Å².